The second-order valence-electron chi connectivity index (χ2n) is 5.81. The van der Waals surface area contributed by atoms with Crippen molar-refractivity contribution in [3.8, 4) is 0 Å². The molecule has 0 aliphatic rings. The molecule has 1 aromatic heterocycles. The van der Waals surface area contributed by atoms with E-state index in [1.807, 2.05) is 36.4 Å². The number of carbonyl (C=O) groups is 2. The monoisotopic (exact) mass is 349 g/mol. The second-order valence-corrected chi connectivity index (χ2v) is 5.81. The van der Waals surface area contributed by atoms with Gasteiger partial charge < -0.3 is 22.1 Å². The molecule has 3 amide bonds. The van der Waals surface area contributed by atoms with Gasteiger partial charge in [0.2, 0.25) is 0 Å². The van der Waals surface area contributed by atoms with Gasteiger partial charge in [0.25, 0.3) is 5.91 Å². The molecule has 0 saturated carbocycles. The number of hydrogen-bond donors (Lipinski definition) is 4. The van der Waals surface area contributed by atoms with E-state index in [0.717, 1.165) is 16.3 Å². The maximum atomic E-state index is 12.5. The van der Waals surface area contributed by atoms with E-state index >= 15 is 0 Å². The van der Waals surface area contributed by atoms with Crippen LogP contribution in [0.15, 0.2) is 60.8 Å². The molecule has 0 aliphatic carbocycles. The van der Waals surface area contributed by atoms with Crippen molar-refractivity contribution in [3.63, 3.8) is 0 Å². The Balaban J connectivity index is 1.91. The third-order valence-corrected chi connectivity index (χ3v) is 4.03. The first-order chi connectivity index (χ1) is 12.5. The van der Waals surface area contributed by atoms with Crippen LogP contribution in [0.2, 0.25) is 0 Å². The Kier molecular flexibility index (Phi) is 4.98. The number of urea groups is 1. The maximum Gasteiger partial charge on any atom is 0.312 e. The average molecular weight is 349 g/mol. The predicted octanol–water partition coefficient (Wildman–Crippen LogP) is 1.96. The molecule has 0 spiro atoms. The molecule has 6 N–H and O–H groups in total. The third kappa shape index (κ3) is 3.89. The molecule has 0 saturated heterocycles. The Bertz CT molecular complexity index is 943. The summed E-state index contributed by atoms with van der Waals surface area (Å²) in [4.78, 5) is 27.6. The molecule has 3 aromatic rings. The highest BCUT2D eigenvalue weighted by molar-refractivity contribution is 5.94. The van der Waals surface area contributed by atoms with Crippen LogP contribution in [0.1, 0.15) is 22.1 Å². The van der Waals surface area contributed by atoms with Gasteiger partial charge in [0.15, 0.2) is 0 Å². The predicted molar refractivity (Wildman–Crippen MR) is 100 cm³/mol. The minimum Gasteiger partial charge on any atom is -0.398 e. The fraction of sp³-hybridized carbons (Fsp3) is 0.105. The van der Waals surface area contributed by atoms with Gasteiger partial charge in [-0.05, 0) is 35.2 Å². The van der Waals surface area contributed by atoms with Crippen LogP contribution in [0.25, 0.3) is 10.8 Å². The fourth-order valence-electron chi connectivity index (χ4n) is 2.72. The zero-order valence-corrected chi connectivity index (χ0v) is 14.0. The van der Waals surface area contributed by atoms with E-state index in [9.17, 15) is 9.59 Å². The number of rotatable bonds is 5. The molecule has 7 nitrogen and oxygen atoms in total. The van der Waals surface area contributed by atoms with E-state index < -0.39 is 12.1 Å². The lowest BCUT2D eigenvalue weighted by Gasteiger charge is -2.20. The largest absolute Gasteiger partial charge is 0.398 e. The highest BCUT2D eigenvalue weighted by Crippen LogP contribution is 2.25. The third-order valence-electron chi connectivity index (χ3n) is 4.03. The molecule has 0 aliphatic heterocycles. The zero-order chi connectivity index (χ0) is 18.5. The number of nitrogens with zero attached hydrogens (tertiary/aromatic N) is 1. The standard InChI is InChI=1S/C19H19N5O2/c20-15-5-3-4-12-7-8-13(10-14(12)15)17(11-23-19(21)26)24-18(25)16-6-1-2-9-22-16/h1-10,17H,11,20H2,(H,24,25)(H3,21,23,26). The van der Waals surface area contributed by atoms with Gasteiger partial charge in [-0.15, -0.1) is 0 Å². The Morgan fingerprint density at radius 3 is 2.65 bits per heavy atom. The number of nitrogens with one attached hydrogen (secondary N) is 2. The van der Waals surface area contributed by atoms with Gasteiger partial charge in [0.05, 0.1) is 6.04 Å². The molecule has 1 atom stereocenters. The van der Waals surface area contributed by atoms with Gasteiger partial charge in [-0.25, -0.2) is 4.79 Å². The number of anilines is 1. The van der Waals surface area contributed by atoms with Crippen LogP contribution in [-0.4, -0.2) is 23.5 Å². The van der Waals surface area contributed by atoms with Crippen molar-refractivity contribution >= 4 is 28.4 Å². The zero-order valence-electron chi connectivity index (χ0n) is 14.0. The lowest BCUT2D eigenvalue weighted by Crippen LogP contribution is -2.40. The number of aromatic nitrogens is 1. The fourth-order valence-corrected chi connectivity index (χ4v) is 2.72. The first-order valence-corrected chi connectivity index (χ1v) is 8.08. The van der Waals surface area contributed by atoms with Crippen molar-refractivity contribution in [2.45, 2.75) is 6.04 Å². The normalized spacial score (nSPS) is 11.7. The number of benzene rings is 2. The van der Waals surface area contributed by atoms with Crippen molar-refractivity contribution in [1.82, 2.24) is 15.6 Å². The molecule has 3 rings (SSSR count). The summed E-state index contributed by atoms with van der Waals surface area (Å²) < 4.78 is 0. The number of amides is 3. The highest BCUT2D eigenvalue weighted by atomic mass is 16.2. The number of carbonyl (C=O) groups excluding carboxylic acids is 2. The van der Waals surface area contributed by atoms with Crippen molar-refractivity contribution in [2.24, 2.45) is 5.73 Å². The Hall–Kier alpha value is -3.61. The van der Waals surface area contributed by atoms with Gasteiger partial charge in [-0.1, -0.05) is 30.3 Å². The summed E-state index contributed by atoms with van der Waals surface area (Å²) in [5, 5.41) is 7.28. The maximum absolute atomic E-state index is 12.5. The van der Waals surface area contributed by atoms with E-state index in [-0.39, 0.29) is 18.1 Å². The number of pyridine rings is 1. The van der Waals surface area contributed by atoms with Crippen molar-refractivity contribution < 1.29 is 9.59 Å². The minimum atomic E-state index is -0.664. The van der Waals surface area contributed by atoms with E-state index in [0.29, 0.717) is 5.69 Å². The molecule has 1 heterocycles. The highest BCUT2D eigenvalue weighted by Gasteiger charge is 2.17. The summed E-state index contributed by atoms with van der Waals surface area (Å²) in [5.74, 6) is -0.344. The smallest absolute Gasteiger partial charge is 0.312 e. The van der Waals surface area contributed by atoms with Gasteiger partial charge in [0.1, 0.15) is 5.69 Å². The van der Waals surface area contributed by atoms with Gasteiger partial charge >= 0.3 is 6.03 Å². The van der Waals surface area contributed by atoms with Gasteiger partial charge in [-0.2, -0.15) is 0 Å². The van der Waals surface area contributed by atoms with E-state index in [4.69, 9.17) is 11.5 Å². The lowest BCUT2D eigenvalue weighted by molar-refractivity contribution is 0.0931. The molecule has 132 valence electrons. The molecular formula is C19H19N5O2. The van der Waals surface area contributed by atoms with Crippen LogP contribution in [0.3, 0.4) is 0 Å². The lowest BCUT2D eigenvalue weighted by atomic mass is 10.0. The summed E-state index contributed by atoms with van der Waals surface area (Å²) in [7, 11) is 0. The van der Waals surface area contributed by atoms with Crippen molar-refractivity contribution in [3.05, 3.63) is 72.1 Å². The van der Waals surface area contributed by atoms with Gasteiger partial charge in [-0.3, -0.25) is 9.78 Å². The quantitative estimate of drug-likeness (QED) is 0.526. The number of primary amides is 1. The second kappa shape index (κ2) is 7.52. The topological polar surface area (TPSA) is 123 Å². The summed E-state index contributed by atoms with van der Waals surface area (Å²) in [5.41, 5.74) is 13.0. The molecular weight excluding hydrogens is 330 g/mol. The average Bonchev–Trinajstić information content (AvgIpc) is 2.65. The van der Waals surface area contributed by atoms with Crippen LogP contribution in [0.5, 0.6) is 0 Å². The molecule has 0 bridgehead atoms. The van der Waals surface area contributed by atoms with Crippen molar-refractivity contribution in [1.29, 1.82) is 0 Å². The molecule has 0 radical (unpaired) electrons. The van der Waals surface area contributed by atoms with Crippen LogP contribution >= 0.6 is 0 Å². The van der Waals surface area contributed by atoms with E-state index in [1.165, 1.54) is 0 Å². The van der Waals surface area contributed by atoms with E-state index in [2.05, 4.69) is 15.6 Å². The molecule has 2 aromatic carbocycles. The molecule has 1 unspecified atom stereocenters. The number of nitrogen functional groups attached to an aromatic ring is 1. The molecule has 26 heavy (non-hydrogen) atoms. The SMILES string of the molecule is NC(=O)NCC(NC(=O)c1ccccn1)c1ccc2cccc(N)c2c1. The Labute approximate surface area is 150 Å². The first-order valence-electron chi connectivity index (χ1n) is 8.08. The molecule has 0 fully saturated rings. The van der Waals surface area contributed by atoms with Crippen LogP contribution in [0, 0.1) is 0 Å². The number of nitrogens with two attached hydrogens (primary N) is 2. The van der Waals surface area contributed by atoms with Crippen LogP contribution in [0.4, 0.5) is 10.5 Å². The van der Waals surface area contributed by atoms with Crippen molar-refractivity contribution in [2.75, 3.05) is 12.3 Å². The van der Waals surface area contributed by atoms with Crippen LogP contribution in [-0.2, 0) is 0 Å². The minimum absolute atomic E-state index is 0.145. The summed E-state index contributed by atoms with van der Waals surface area (Å²) >= 11 is 0. The summed E-state index contributed by atoms with van der Waals surface area (Å²) in [6.45, 7) is 0.145. The number of hydrogen-bond acceptors (Lipinski definition) is 4. The summed E-state index contributed by atoms with van der Waals surface area (Å²) in [6, 6.07) is 15.3. The first kappa shape index (κ1) is 17.2. The Morgan fingerprint density at radius 2 is 1.92 bits per heavy atom. The number of fused-ring (bicyclic) bond motifs is 1. The van der Waals surface area contributed by atoms with Crippen LogP contribution < -0.4 is 22.1 Å². The van der Waals surface area contributed by atoms with E-state index in [1.54, 1.807) is 24.4 Å². The van der Waals surface area contributed by atoms with Gasteiger partial charge in [0, 0.05) is 23.8 Å². The Morgan fingerprint density at radius 1 is 1.08 bits per heavy atom. The summed E-state index contributed by atoms with van der Waals surface area (Å²) in [6.07, 6.45) is 1.54. The molecule has 7 heteroatoms.